The summed E-state index contributed by atoms with van der Waals surface area (Å²) >= 11 is 0. The van der Waals surface area contributed by atoms with Gasteiger partial charge in [-0.3, -0.25) is 4.79 Å². The van der Waals surface area contributed by atoms with Crippen LogP contribution in [0.1, 0.15) is 39.2 Å². The fourth-order valence-corrected chi connectivity index (χ4v) is 5.28. The summed E-state index contributed by atoms with van der Waals surface area (Å²) in [5.74, 6) is 1.000. The van der Waals surface area contributed by atoms with E-state index in [-0.39, 0.29) is 11.9 Å². The molecule has 5 heteroatoms. The third kappa shape index (κ3) is 3.99. The van der Waals surface area contributed by atoms with Crippen molar-refractivity contribution >= 4 is 14.1 Å². The molecule has 1 aliphatic carbocycles. The zero-order chi connectivity index (χ0) is 18.9. The molecule has 0 aromatic heterocycles. The van der Waals surface area contributed by atoms with Crippen LogP contribution in [0.4, 0.5) is 0 Å². The minimum atomic E-state index is -1.93. The van der Waals surface area contributed by atoms with Crippen LogP contribution in [0.2, 0.25) is 19.6 Å². The van der Waals surface area contributed by atoms with Gasteiger partial charge in [-0.05, 0) is 58.1 Å². The summed E-state index contributed by atoms with van der Waals surface area (Å²) in [6, 6.07) is 7.94. The van der Waals surface area contributed by atoms with Gasteiger partial charge in [0, 0.05) is 19.4 Å². The van der Waals surface area contributed by atoms with Gasteiger partial charge in [0.25, 0.3) is 0 Å². The Morgan fingerprint density at radius 2 is 1.76 bits per heavy atom. The predicted octanol–water partition coefficient (Wildman–Crippen LogP) is 4.54. The zero-order valence-electron chi connectivity index (χ0n) is 16.6. The number of hydrogen-bond acceptors (Lipinski definition) is 4. The molecule has 4 nitrogen and oxygen atoms in total. The molecular formula is C20H32O4Si. The van der Waals surface area contributed by atoms with Crippen molar-refractivity contribution in [2.75, 3.05) is 13.7 Å². The first-order valence-electron chi connectivity index (χ1n) is 9.05. The van der Waals surface area contributed by atoms with Crippen LogP contribution in [0, 0.1) is 5.41 Å². The highest BCUT2D eigenvalue weighted by Gasteiger charge is 2.57. The van der Waals surface area contributed by atoms with E-state index in [1.165, 1.54) is 0 Å². The van der Waals surface area contributed by atoms with Gasteiger partial charge in [-0.15, -0.1) is 0 Å². The Morgan fingerprint density at radius 3 is 2.24 bits per heavy atom. The van der Waals surface area contributed by atoms with Gasteiger partial charge in [0.15, 0.2) is 8.32 Å². The monoisotopic (exact) mass is 364 g/mol. The quantitative estimate of drug-likeness (QED) is 0.695. The molecule has 1 aliphatic rings. The highest BCUT2D eigenvalue weighted by atomic mass is 28.4. The molecule has 0 radical (unpaired) electrons. The Bertz CT molecular complexity index is 603. The molecule has 0 N–H and O–H groups in total. The molecule has 2 atom stereocenters. The lowest BCUT2D eigenvalue weighted by atomic mass is 9.61. The Kier molecular flexibility index (Phi) is 5.81. The van der Waals surface area contributed by atoms with Crippen molar-refractivity contribution in [3.8, 4) is 5.75 Å². The molecule has 0 amide bonds. The SMILES string of the molecule is CCO[C@@H]1CC(=O)C(C)(C)[C@](O[Si](C)(C)C)(c2ccc(OC)cc2)C1. The molecule has 1 saturated carbocycles. The Hall–Kier alpha value is -1.17. The standard InChI is InChI=1S/C20H32O4Si/c1-8-23-17-13-18(21)19(2,3)20(14-17,24-25(5,6)7)15-9-11-16(22-4)12-10-15/h9-12,17H,8,13-14H2,1-7H3/t17-,20-/m1/s1. The van der Waals surface area contributed by atoms with Gasteiger partial charge in [0.05, 0.1) is 24.2 Å². The third-order valence-corrected chi connectivity index (χ3v) is 6.03. The summed E-state index contributed by atoms with van der Waals surface area (Å²) in [5, 5.41) is 0. The van der Waals surface area contributed by atoms with Crippen LogP contribution in [0.5, 0.6) is 5.75 Å². The number of carbonyl (C=O) groups is 1. The fourth-order valence-electron chi connectivity index (χ4n) is 3.78. The van der Waals surface area contributed by atoms with Crippen LogP contribution < -0.4 is 4.74 Å². The van der Waals surface area contributed by atoms with Gasteiger partial charge in [-0.25, -0.2) is 0 Å². The number of benzene rings is 1. The van der Waals surface area contributed by atoms with Crippen LogP contribution in [0.3, 0.4) is 0 Å². The van der Waals surface area contributed by atoms with E-state index in [2.05, 4.69) is 19.6 Å². The lowest BCUT2D eigenvalue weighted by Gasteiger charge is -2.53. The largest absolute Gasteiger partial charge is 0.497 e. The van der Waals surface area contributed by atoms with Crippen molar-refractivity contribution in [2.45, 2.75) is 65.0 Å². The fraction of sp³-hybridized carbons (Fsp3) is 0.650. The number of ether oxygens (including phenoxy) is 2. The Morgan fingerprint density at radius 1 is 1.16 bits per heavy atom. The maximum absolute atomic E-state index is 13.0. The molecular weight excluding hydrogens is 332 g/mol. The van der Waals surface area contributed by atoms with Gasteiger partial charge in [0.2, 0.25) is 0 Å². The first-order chi connectivity index (χ1) is 11.6. The molecule has 2 rings (SSSR count). The molecule has 1 aromatic carbocycles. The van der Waals surface area contributed by atoms with Crippen LogP contribution in [-0.2, 0) is 19.6 Å². The van der Waals surface area contributed by atoms with Crippen molar-refractivity contribution < 1.29 is 18.7 Å². The van der Waals surface area contributed by atoms with Gasteiger partial charge in [0.1, 0.15) is 11.5 Å². The summed E-state index contributed by atoms with van der Waals surface area (Å²) in [5.41, 5.74) is -0.271. The lowest BCUT2D eigenvalue weighted by molar-refractivity contribution is -0.165. The molecule has 0 heterocycles. The number of methoxy groups -OCH3 is 1. The van der Waals surface area contributed by atoms with Crippen LogP contribution in [0.25, 0.3) is 0 Å². The summed E-state index contributed by atoms with van der Waals surface area (Å²) in [6.45, 7) is 13.1. The molecule has 0 saturated heterocycles. The number of rotatable bonds is 6. The van der Waals surface area contributed by atoms with Gasteiger partial charge < -0.3 is 13.9 Å². The van der Waals surface area contributed by atoms with Crippen LogP contribution >= 0.6 is 0 Å². The van der Waals surface area contributed by atoms with Gasteiger partial charge >= 0.3 is 0 Å². The molecule has 0 bridgehead atoms. The maximum Gasteiger partial charge on any atom is 0.185 e. The number of hydrogen-bond donors (Lipinski definition) is 0. The highest BCUT2D eigenvalue weighted by molar-refractivity contribution is 6.69. The van der Waals surface area contributed by atoms with Crippen molar-refractivity contribution in [2.24, 2.45) is 5.41 Å². The third-order valence-electron chi connectivity index (χ3n) is 5.07. The van der Waals surface area contributed by atoms with Crippen molar-refractivity contribution in [3.63, 3.8) is 0 Å². The van der Waals surface area contributed by atoms with Crippen molar-refractivity contribution in [3.05, 3.63) is 29.8 Å². The van der Waals surface area contributed by atoms with Crippen LogP contribution in [0.15, 0.2) is 24.3 Å². The topological polar surface area (TPSA) is 44.8 Å². The van der Waals surface area contributed by atoms with E-state index in [9.17, 15) is 4.79 Å². The number of ketones is 1. The second-order valence-electron chi connectivity index (χ2n) is 8.30. The maximum atomic E-state index is 13.0. The Balaban J connectivity index is 2.59. The summed E-state index contributed by atoms with van der Waals surface area (Å²) in [6.07, 6.45) is 1.04. The average molecular weight is 365 g/mol. The summed E-state index contributed by atoms with van der Waals surface area (Å²) in [4.78, 5) is 13.0. The number of carbonyl (C=O) groups excluding carboxylic acids is 1. The van der Waals surface area contributed by atoms with Gasteiger partial charge in [-0.1, -0.05) is 12.1 Å². The summed E-state index contributed by atoms with van der Waals surface area (Å²) < 4.78 is 18.0. The predicted molar refractivity (Wildman–Crippen MR) is 103 cm³/mol. The van der Waals surface area contributed by atoms with E-state index in [4.69, 9.17) is 13.9 Å². The lowest BCUT2D eigenvalue weighted by Crippen LogP contribution is -2.58. The highest BCUT2D eigenvalue weighted by Crippen LogP contribution is 2.53. The molecule has 1 fully saturated rings. The molecule has 140 valence electrons. The molecule has 1 aromatic rings. The van der Waals surface area contributed by atoms with E-state index in [1.54, 1.807) is 7.11 Å². The van der Waals surface area contributed by atoms with E-state index < -0.39 is 19.3 Å². The van der Waals surface area contributed by atoms with Crippen molar-refractivity contribution in [1.82, 2.24) is 0 Å². The van der Waals surface area contributed by atoms with E-state index in [0.29, 0.717) is 19.4 Å². The van der Waals surface area contributed by atoms with Gasteiger partial charge in [-0.2, -0.15) is 0 Å². The van der Waals surface area contributed by atoms with Crippen molar-refractivity contribution in [1.29, 1.82) is 0 Å². The normalized spacial score (nSPS) is 26.5. The second kappa shape index (κ2) is 7.21. The average Bonchev–Trinajstić information content (AvgIpc) is 2.51. The zero-order valence-corrected chi connectivity index (χ0v) is 17.6. The molecule has 25 heavy (non-hydrogen) atoms. The molecule has 0 spiro atoms. The van der Waals surface area contributed by atoms with E-state index >= 15 is 0 Å². The second-order valence-corrected chi connectivity index (χ2v) is 12.7. The number of Topliss-reactive ketones (excluding diaryl/α,β-unsaturated/α-hetero) is 1. The van der Waals surface area contributed by atoms with E-state index in [1.807, 2.05) is 45.0 Å². The van der Waals surface area contributed by atoms with Crippen LogP contribution in [-0.4, -0.2) is 33.9 Å². The summed E-state index contributed by atoms with van der Waals surface area (Å²) in [7, 11) is -0.276. The smallest absolute Gasteiger partial charge is 0.185 e. The first kappa shape index (κ1) is 20.1. The minimum Gasteiger partial charge on any atom is -0.497 e. The Labute approximate surface area is 153 Å². The van der Waals surface area contributed by atoms with E-state index in [0.717, 1.165) is 11.3 Å². The molecule has 0 unspecified atom stereocenters. The molecule has 0 aliphatic heterocycles. The first-order valence-corrected chi connectivity index (χ1v) is 12.5. The minimum absolute atomic E-state index is 0.107.